The van der Waals surface area contributed by atoms with Crippen LogP contribution >= 0.6 is 23.4 Å². The van der Waals surface area contributed by atoms with Gasteiger partial charge in [0.15, 0.2) is 0 Å². The molecule has 0 spiro atoms. The molecule has 0 aliphatic rings. The van der Waals surface area contributed by atoms with Crippen LogP contribution in [0.4, 0.5) is 11.4 Å². The van der Waals surface area contributed by atoms with Crippen LogP contribution in [0.1, 0.15) is 10.4 Å². The first-order valence-electron chi connectivity index (χ1n) is 5.45. The summed E-state index contributed by atoms with van der Waals surface area (Å²) in [7, 11) is 0. The molecule has 19 heavy (non-hydrogen) atoms. The molecule has 98 valence electrons. The van der Waals surface area contributed by atoms with Crippen molar-refractivity contribution in [2.75, 3.05) is 17.3 Å². The van der Waals surface area contributed by atoms with Gasteiger partial charge in [0, 0.05) is 16.8 Å². The average molecular weight is 294 g/mol. The zero-order valence-electron chi connectivity index (χ0n) is 10.2. The van der Waals surface area contributed by atoms with E-state index in [0.29, 0.717) is 22.0 Å². The highest BCUT2D eigenvalue weighted by atomic mass is 35.5. The Morgan fingerprint density at radius 1 is 1.37 bits per heavy atom. The summed E-state index contributed by atoms with van der Waals surface area (Å²) in [4.78, 5) is 17.0. The number of hydrogen-bond acceptors (Lipinski definition) is 4. The molecule has 0 aliphatic carbocycles. The van der Waals surface area contributed by atoms with Gasteiger partial charge in [-0.1, -0.05) is 11.6 Å². The monoisotopic (exact) mass is 293 g/mol. The molecule has 0 aliphatic heterocycles. The Morgan fingerprint density at radius 2 is 2.16 bits per heavy atom. The van der Waals surface area contributed by atoms with E-state index in [2.05, 4.69) is 10.3 Å². The first-order chi connectivity index (χ1) is 9.10. The van der Waals surface area contributed by atoms with Crippen molar-refractivity contribution in [1.82, 2.24) is 4.98 Å². The number of nitrogens with two attached hydrogens (primary N) is 1. The fourth-order valence-corrected chi connectivity index (χ4v) is 2.15. The van der Waals surface area contributed by atoms with Crippen molar-refractivity contribution in [3.63, 3.8) is 0 Å². The molecular weight excluding hydrogens is 282 g/mol. The lowest BCUT2D eigenvalue weighted by Gasteiger charge is -2.08. The molecule has 1 aromatic carbocycles. The average Bonchev–Trinajstić information content (AvgIpc) is 2.39. The summed E-state index contributed by atoms with van der Waals surface area (Å²) in [5.74, 6) is -0.280. The van der Waals surface area contributed by atoms with Gasteiger partial charge in [0.05, 0.1) is 22.5 Å². The molecule has 0 unspecified atom stereocenters. The standard InChI is InChI=1S/C13H12ClN3OS/c1-19-10-2-3-12(15)11(5-10)13(18)17-9-4-8(14)6-16-7-9/h2-7H,15H2,1H3,(H,17,18). The summed E-state index contributed by atoms with van der Waals surface area (Å²) < 4.78 is 0. The second-order valence-electron chi connectivity index (χ2n) is 3.80. The van der Waals surface area contributed by atoms with Gasteiger partial charge in [0.25, 0.3) is 5.91 Å². The van der Waals surface area contributed by atoms with Crippen LogP contribution in [0, 0.1) is 0 Å². The minimum Gasteiger partial charge on any atom is -0.398 e. The second kappa shape index (κ2) is 5.95. The maximum absolute atomic E-state index is 12.1. The van der Waals surface area contributed by atoms with Crippen molar-refractivity contribution < 1.29 is 4.79 Å². The number of amides is 1. The van der Waals surface area contributed by atoms with Gasteiger partial charge in [-0.3, -0.25) is 9.78 Å². The number of nitrogens with one attached hydrogen (secondary N) is 1. The molecular formula is C13H12ClN3OS. The van der Waals surface area contributed by atoms with Crippen LogP contribution in [-0.2, 0) is 0 Å². The minimum atomic E-state index is -0.280. The van der Waals surface area contributed by atoms with Gasteiger partial charge in [-0.05, 0) is 30.5 Å². The number of aromatic nitrogens is 1. The number of benzene rings is 1. The first kappa shape index (κ1) is 13.7. The van der Waals surface area contributed by atoms with Gasteiger partial charge in [-0.15, -0.1) is 11.8 Å². The number of nitrogens with zero attached hydrogens (tertiary/aromatic N) is 1. The zero-order valence-corrected chi connectivity index (χ0v) is 11.8. The van der Waals surface area contributed by atoms with Crippen molar-refractivity contribution in [2.24, 2.45) is 0 Å². The largest absolute Gasteiger partial charge is 0.398 e. The SMILES string of the molecule is CSc1ccc(N)c(C(=O)Nc2cncc(Cl)c2)c1. The maximum Gasteiger partial charge on any atom is 0.257 e. The molecule has 4 nitrogen and oxygen atoms in total. The van der Waals surface area contributed by atoms with Crippen molar-refractivity contribution in [3.8, 4) is 0 Å². The van der Waals surface area contributed by atoms with Crippen molar-refractivity contribution in [1.29, 1.82) is 0 Å². The van der Waals surface area contributed by atoms with Crippen LogP contribution in [0.2, 0.25) is 5.02 Å². The number of halogens is 1. The molecule has 3 N–H and O–H groups in total. The quantitative estimate of drug-likeness (QED) is 0.673. The second-order valence-corrected chi connectivity index (χ2v) is 5.12. The molecule has 0 fully saturated rings. The van der Waals surface area contributed by atoms with Crippen LogP contribution in [0.25, 0.3) is 0 Å². The third-order valence-electron chi connectivity index (χ3n) is 2.47. The molecule has 2 rings (SSSR count). The number of anilines is 2. The molecule has 2 aromatic rings. The highest BCUT2D eigenvalue weighted by molar-refractivity contribution is 7.98. The molecule has 1 amide bonds. The Balaban J connectivity index is 2.25. The fourth-order valence-electron chi connectivity index (χ4n) is 1.54. The molecule has 6 heteroatoms. The zero-order chi connectivity index (χ0) is 13.8. The fraction of sp³-hybridized carbons (Fsp3) is 0.0769. The van der Waals surface area contributed by atoms with E-state index in [1.165, 1.54) is 12.4 Å². The number of hydrogen-bond donors (Lipinski definition) is 2. The number of carbonyl (C=O) groups excluding carboxylic acids is 1. The lowest BCUT2D eigenvalue weighted by Crippen LogP contribution is -2.14. The van der Waals surface area contributed by atoms with Gasteiger partial charge in [-0.2, -0.15) is 0 Å². The minimum absolute atomic E-state index is 0.280. The Labute approximate surface area is 120 Å². The first-order valence-corrected chi connectivity index (χ1v) is 7.06. The van der Waals surface area contributed by atoms with Gasteiger partial charge < -0.3 is 11.1 Å². The summed E-state index contributed by atoms with van der Waals surface area (Å²) in [6.45, 7) is 0. The topological polar surface area (TPSA) is 68.0 Å². The smallest absolute Gasteiger partial charge is 0.257 e. The summed E-state index contributed by atoms with van der Waals surface area (Å²) in [5, 5.41) is 3.18. The normalized spacial score (nSPS) is 10.2. The van der Waals surface area contributed by atoms with E-state index in [0.717, 1.165) is 4.90 Å². The molecule has 0 bridgehead atoms. The maximum atomic E-state index is 12.1. The van der Waals surface area contributed by atoms with E-state index < -0.39 is 0 Å². The lowest BCUT2D eigenvalue weighted by atomic mass is 10.1. The van der Waals surface area contributed by atoms with E-state index in [1.54, 1.807) is 30.0 Å². The van der Waals surface area contributed by atoms with Crippen LogP contribution in [0.15, 0.2) is 41.6 Å². The van der Waals surface area contributed by atoms with E-state index in [4.69, 9.17) is 17.3 Å². The van der Waals surface area contributed by atoms with Gasteiger partial charge in [0.2, 0.25) is 0 Å². The Bertz CT molecular complexity index is 619. The molecule has 0 saturated carbocycles. The summed E-state index contributed by atoms with van der Waals surface area (Å²) >= 11 is 7.36. The number of thioether (sulfide) groups is 1. The highest BCUT2D eigenvalue weighted by Crippen LogP contribution is 2.22. The van der Waals surface area contributed by atoms with E-state index in [-0.39, 0.29) is 5.91 Å². The summed E-state index contributed by atoms with van der Waals surface area (Å²) in [6, 6.07) is 6.98. The van der Waals surface area contributed by atoms with Crippen LogP contribution < -0.4 is 11.1 Å². The Morgan fingerprint density at radius 3 is 2.84 bits per heavy atom. The number of pyridine rings is 1. The Kier molecular flexibility index (Phi) is 4.29. The molecule has 1 aromatic heterocycles. The predicted molar refractivity (Wildman–Crippen MR) is 79.8 cm³/mol. The van der Waals surface area contributed by atoms with Crippen molar-refractivity contribution in [3.05, 3.63) is 47.2 Å². The van der Waals surface area contributed by atoms with Crippen LogP contribution in [-0.4, -0.2) is 17.1 Å². The van der Waals surface area contributed by atoms with Crippen molar-refractivity contribution >= 4 is 40.6 Å². The predicted octanol–water partition coefficient (Wildman–Crippen LogP) is 3.29. The van der Waals surface area contributed by atoms with Crippen LogP contribution in [0.3, 0.4) is 0 Å². The number of rotatable bonds is 3. The number of carbonyl (C=O) groups is 1. The van der Waals surface area contributed by atoms with Crippen molar-refractivity contribution in [2.45, 2.75) is 4.90 Å². The lowest BCUT2D eigenvalue weighted by molar-refractivity contribution is 0.102. The van der Waals surface area contributed by atoms with Gasteiger partial charge in [0.1, 0.15) is 0 Å². The molecule has 0 saturated heterocycles. The third kappa shape index (κ3) is 3.39. The summed E-state index contributed by atoms with van der Waals surface area (Å²) in [6.07, 6.45) is 4.96. The molecule has 1 heterocycles. The van der Waals surface area contributed by atoms with Crippen LogP contribution in [0.5, 0.6) is 0 Å². The third-order valence-corrected chi connectivity index (χ3v) is 3.40. The molecule has 0 radical (unpaired) electrons. The van der Waals surface area contributed by atoms with Gasteiger partial charge >= 0.3 is 0 Å². The number of nitrogen functional groups attached to an aromatic ring is 1. The highest BCUT2D eigenvalue weighted by Gasteiger charge is 2.11. The van der Waals surface area contributed by atoms with E-state index >= 15 is 0 Å². The van der Waals surface area contributed by atoms with Gasteiger partial charge in [-0.25, -0.2) is 0 Å². The van der Waals surface area contributed by atoms with E-state index in [1.807, 2.05) is 12.3 Å². The van der Waals surface area contributed by atoms with E-state index in [9.17, 15) is 4.79 Å². The molecule has 0 atom stereocenters. The Hall–Kier alpha value is -1.72. The summed E-state index contributed by atoms with van der Waals surface area (Å²) in [5.41, 5.74) is 7.22.